The van der Waals surface area contributed by atoms with Gasteiger partial charge in [0, 0.05) is 37.9 Å². The number of aromatic nitrogens is 1. The zero-order valence-electron chi connectivity index (χ0n) is 12.3. The van der Waals surface area contributed by atoms with Crippen LogP contribution in [0.5, 0.6) is 5.75 Å². The number of nitrogens with zero attached hydrogens (tertiary/aromatic N) is 2. The summed E-state index contributed by atoms with van der Waals surface area (Å²) in [5, 5.41) is 3.48. The number of ether oxygens (including phenoxy) is 1. The molecule has 4 heteroatoms. The van der Waals surface area contributed by atoms with E-state index in [1.165, 1.54) is 5.56 Å². The molecule has 0 spiro atoms. The van der Waals surface area contributed by atoms with E-state index in [9.17, 15) is 0 Å². The van der Waals surface area contributed by atoms with Gasteiger partial charge < -0.3 is 10.1 Å². The Labute approximate surface area is 125 Å². The highest BCUT2D eigenvalue weighted by Gasteiger charge is 2.26. The normalized spacial score (nSPS) is 19.4. The zero-order valence-corrected chi connectivity index (χ0v) is 12.3. The van der Waals surface area contributed by atoms with E-state index in [0.717, 1.165) is 37.6 Å². The van der Waals surface area contributed by atoms with E-state index in [2.05, 4.69) is 33.4 Å². The molecule has 0 bridgehead atoms. The third-order valence-corrected chi connectivity index (χ3v) is 3.94. The van der Waals surface area contributed by atoms with Gasteiger partial charge in [0.2, 0.25) is 0 Å². The van der Waals surface area contributed by atoms with Crippen LogP contribution in [0.2, 0.25) is 0 Å². The molecule has 1 N–H and O–H groups in total. The van der Waals surface area contributed by atoms with E-state index < -0.39 is 0 Å². The maximum atomic E-state index is 5.53. The van der Waals surface area contributed by atoms with Gasteiger partial charge in [-0.15, -0.1) is 0 Å². The number of piperazine rings is 1. The van der Waals surface area contributed by atoms with Crippen molar-refractivity contribution in [3.63, 3.8) is 0 Å². The first kappa shape index (κ1) is 14.0. The summed E-state index contributed by atoms with van der Waals surface area (Å²) >= 11 is 0. The average molecular weight is 283 g/mol. The monoisotopic (exact) mass is 283 g/mol. The Hall–Kier alpha value is -1.91. The molecule has 1 fully saturated rings. The Balaban J connectivity index is 1.84. The lowest BCUT2D eigenvalue weighted by Gasteiger charge is -2.36. The standard InChI is InChI=1S/C17H21N3O/c1-21-17-8-3-2-7-15(17)16-12-18-10-11-20(16)13-14-6-4-5-9-19-14/h2-9,16,18H,10-13H2,1H3/t16-/m1/s1. The molecule has 110 valence electrons. The Morgan fingerprint density at radius 1 is 1.24 bits per heavy atom. The molecule has 1 aromatic carbocycles. The van der Waals surface area contributed by atoms with Gasteiger partial charge in [-0.25, -0.2) is 0 Å². The third kappa shape index (κ3) is 3.23. The van der Waals surface area contributed by atoms with Gasteiger partial charge >= 0.3 is 0 Å². The highest BCUT2D eigenvalue weighted by molar-refractivity contribution is 5.36. The molecule has 2 heterocycles. The number of para-hydroxylation sites is 1. The second kappa shape index (κ2) is 6.70. The lowest BCUT2D eigenvalue weighted by Crippen LogP contribution is -2.45. The van der Waals surface area contributed by atoms with Gasteiger partial charge in [0.25, 0.3) is 0 Å². The molecule has 1 atom stereocenters. The second-order valence-corrected chi connectivity index (χ2v) is 5.25. The quantitative estimate of drug-likeness (QED) is 0.934. The smallest absolute Gasteiger partial charge is 0.123 e. The first-order valence-electron chi connectivity index (χ1n) is 7.36. The molecule has 0 unspecified atom stereocenters. The van der Waals surface area contributed by atoms with Crippen molar-refractivity contribution < 1.29 is 4.74 Å². The van der Waals surface area contributed by atoms with Crippen molar-refractivity contribution in [2.75, 3.05) is 26.7 Å². The predicted molar refractivity (Wildman–Crippen MR) is 83.3 cm³/mol. The second-order valence-electron chi connectivity index (χ2n) is 5.25. The molecule has 0 radical (unpaired) electrons. The first-order chi connectivity index (χ1) is 10.4. The summed E-state index contributed by atoms with van der Waals surface area (Å²) in [5.74, 6) is 0.956. The van der Waals surface area contributed by atoms with Crippen molar-refractivity contribution in [2.45, 2.75) is 12.6 Å². The first-order valence-corrected chi connectivity index (χ1v) is 7.36. The summed E-state index contributed by atoms with van der Waals surface area (Å²) in [4.78, 5) is 6.92. The van der Waals surface area contributed by atoms with Crippen LogP contribution in [-0.4, -0.2) is 36.6 Å². The fraction of sp³-hybridized carbons (Fsp3) is 0.353. The van der Waals surface area contributed by atoms with E-state index in [-0.39, 0.29) is 0 Å². The molecule has 21 heavy (non-hydrogen) atoms. The summed E-state index contributed by atoms with van der Waals surface area (Å²) in [6.45, 7) is 3.83. The van der Waals surface area contributed by atoms with Crippen molar-refractivity contribution in [1.29, 1.82) is 0 Å². The van der Waals surface area contributed by atoms with Crippen LogP contribution in [0.1, 0.15) is 17.3 Å². The Kier molecular flexibility index (Phi) is 4.48. The number of rotatable bonds is 4. The highest BCUT2D eigenvalue weighted by Crippen LogP contribution is 2.30. The van der Waals surface area contributed by atoms with E-state index in [0.29, 0.717) is 6.04 Å². The Morgan fingerprint density at radius 3 is 2.90 bits per heavy atom. The molecule has 2 aromatic rings. The van der Waals surface area contributed by atoms with Gasteiger partial charge in [-0.05, 0) is 18.2 Å². The number of hydrogen-bond donors (Lipinski definition) is 1. The minimum Gasteiger partial charge on any atom is -0.496 e. The average Bonchev–Trinajstić information content (AvgIpc) is 2.56. The maximum Gasteiger partial charge on any atom is 0.123 e. The van der Waals surface area contributed by atoms with Crippen LogP contribution < -0.4 is 10.1 Å². The molecule has 4 nitrogen and oxygen atoms in total. The van der Waals surface area contributed by atoms with Crippen LogP contribution >= 0.6 is 0 Å². The van der Waals surface area contributed by atoms with E-state index >= 15 is 0 Å². The number of methoxy groups -OCH3 is 1. The highest BCUT2D eigenvalue weighted by atomic mass is 16.5. The summed E-state index contributed by atoms with van der Waals surface area (Å²) in [7, 11) is 1.73. The number of benzene rings is 1. The zero-order chi connectivity index (χ0) is 14.5. The number of pyridine rings is 1. The van der Waals surface area contributed by atoms with Crippen molar-refractivity contribution in [3.8, 4) is 5.75 Å². The van der Waals surface area contributed by atoms with Gasteiger partial charge in [-0.2, -0.15) is 0 Å². The molecular weight excluding hydrogens is 262 g/mol. The van der Waals surface area contributed by atoms with Crippen LogP contribution in [-0.2, 0) is 6.54 Å². The third-order valence-electron chi connectivity index (χ3n) is 3.94. The van der Waals surface area contributed by atoms with Crippen LogP contribution in [0.15, 0.2) is 48.7 Å². The molecule has 0 saturated carbocycles. The van der Waals surface area contributed by atoms with Crippen molar-refractivity contribution in [3.05, 3.63) is 59.9 Å². The molecule has 0 amide bonds. The van der Waals surface area contributed by atoms with Gasteiger partial charge in [-0.1, -0.05) is 24.3 Å². The summed E-state index contributed by atoms with van der Waals surface area (Å²) in [6, 6.07) is 14.7. The van der Waals surface area contributed by atoms with Gasteiger partial charge in [0.15, 0.2) is 0 Å². The SMILES string of the molecule is COc1ccccc1[C@H]1CNCCN1Cc1ccccn1. The largest absolute Gasteiger partial charge is 0.496 e. The van der Waals surface area contributed by atoms with E-state index in [4.69, 9.17) is 4.74 Å². The van der Waals surface area contributed by atoms with Crippen molar-refractivity contribution in [2.24, 2.45) is 0 Å². The van der Waals surface area contributed by atoms with Crippen LogP contribution in [0.3, 0.4) is 0 Å². The fourth-order valence-electron chi connectivity index (χ4n) is 2.88. The fourth-order valence-corrected chi connectivity index (χ4v) is 2.88. The van der Waals surface area contributed by atoms with Gasteiger partial charge in [-0.3, -0.25) is 9.88 Å². The Morgan fingerprint density at radius 2 is 2.10 bits per heavy atom. The summed E-state index contributed by atoms with van der Waals surface area (Å²) < 4.78 is 5.53. The minimum atomic E-state index is 0.317. The molecule has 1 aliphatic heterocycles. The van der Waals surface area contributed by atoms with Gasteiger partial charge in [0.1, 0.15) is 5.75 Å². The van der Waals surface area contributed by atoms with Crippen LogP contribution in [0.25, 0.3) is 0 Å². The number of hydrogen-bond acceptors (Lipinski definition) is 4. The molecule has 1 aliphatic rings. The van der Waals surface area contributed by atoms with E-state index in [1.807, 2.05) is 30.5 Å². The topological polar surface area (TPSA) is 37.4 Å². The molecular formula is C17H21N3O. The van der Waals surface area contributed by atoms with E-state index in [1.54, 1.807) is 7.11 Å². The summed E-state index contributed by atoms with van der Waals surface area (Å²) in [6.07, 6.45) is 1.86. The van der Waals surface area contributed by atoms with Gasteiger partial charge in [0.05, 0.1) is 18.8 Å². The number of nitrogens with one attached hydrogen (secondary N) is 1. The Bertz CT molecular complexity index is 573. The molecule has 1 aromatic heterocycles. The van der Waals surface area contributed by atoms with Crippen LogP contribution in [0.4, 0.5) is 0 Å². The lowest BCUT2D eigenvalue weighted by molar-refractivity contribution is 0.149. The molecule has 1 saturated heterocycles. The minimum absolute atomic E-state index is 0.317. The summed E-state index contributed by atoms with van der Waals surface area (Å²) in [5.41, 5.74) is 2.35. The predicted octanol–water partition coefficient (Wildman–Crippen LogP) is 2.24. The maximum absolute atomic E-state index is 5.53. The molecule has 0 aliphatic carbocycles. The molecule has 3 rings (SSSR count). The lowest BCUT2D eigenvalue weighted by atomic mass is 10.0. The van der Waals surface area contributed by atoms with Crippen molar-refractivity contribution in [1.82, 2.24) is 15.2 Å². The van der Waals surface area contributed by atoms with Crippen molar-refractivity contribution >= 4 is 0 Å². The van der Waals surface area contributed by atoms with Crippen LogP contribution in [0, 0.1) is 0 Å².